The number of halogens is 2. The zero-order valence-corrected chi connectivity index (χ0v) is 24.6. The second-order valence-corrected chi connectivity index (χ2v) is 10.7. The highest BCUT2D eigenvalue weighted by Gasteiger charge is 2.21. The first kappa shape index (κ1) is 29.8. The Balaban J connectivity index is 1.55. The molecule has 0 unspecified atom stereocenters. The predicted octanol–water partition coefficient (Wildman–Crippen LogP) is 7.77. The number of aromatic nitrogens is 2. The maximum absolute atomic E-state index is 14.5. The number of ether oxygens (including phenoxy) is 1. The lowest BCUT2D eigenvalue weighted by atomic mass is 10.0. The van der Waals surface area contributed by atoms with Crippen molar-refractivity contribution in [3.05, 3.63) is 107 Å². The Morgan fingerprint density at radius 2 is 1.74 bits per heavy atom. The zero-order chi connectivity index (χ0) is 30.5. The van der Waals surface area contributed by atoms with Crippen LogP contribution in [0, 0.1) is 5.82 Å². The molecule has 43 heavy (non-hydrogen) atoms. The molecule has 220 valence electrons. The molecule has 0 radical (unpaired) electrons. The van der Waals surface area contributed by atoms with Gasteiger partial charge in [0.1, 0.15) is 11.6 Å². The first-order chi connectivity index (χ1) is 20.7. The average Bonchev–Trinajstić information content (AvgIpc) is 3.45. The Hall–Kier alpha value is -4.69. The van der Waals surface area contributed by atoms with Crippen LogP contribution in [-0.2, 0) is 4.79 Å². The number of hydrogen-bond donors (Lipinski definition) is 2. The lowest BCUT2D eigenvalue weighted by molar-refractivity contribution is -0.136. The third-order valence-corrected chi connectivity index (χ3v) is 7.39. The van der Waals surface area contributed by atoms with Crippen LogP contribution in [0.4, 0.5) is 4.39 Å². The molecule has 0 saturated carbocycles. The van der Waals surface area contributed by atoms with Gasteiger partial charge in [-0.05, 0) is 84.3 Å². The van der Waals surface area contributed by atoms with E-state index in [9.17, 15) is 14.0 Å². The van der Waals surface area contributed by atoms with Crippen LogP contribution in [0.1, 0.15) is 48.7 Å². The van der Waals surface area contributed by atoms with Gasteiger partial charge in [0.2, 0.25) is 0 Å². The molecule has 0 aliphatic rings. The minimum absolute atomic E-state index is 0.0494. The van der Waals surface area contributed by atoms with E-state index in [1.54, 1.807) is 18.2 Å². The molecule has 1 atom stereocenters. The molecule has 1 amide bonds. The number of hydrogen-bond acceptors (Lipinski definition) is 4. The van der Waals surface area contributed by atoms with E-state index in [1.807, 2.05) is 67.1 Å². The molecular formula is C34H31ClFN3O4. The number of nitrogens with zero attached hydrogens (tertiary/aromatic N) is 2. The van der Waals surface area contributed by atoms with Gasteiger partial charge in [-0.25, -0.2) is 4.39 Å². The molecule has 5 aromatic rings. The number of carbonyl (C=O) groups is 2. The molecule has 0 aliphatic heterocycles. The Morgan fingerprint density at radius 1 is 1.00 bits per heavy atom. The number of carboxylic acids is 1. The Bertz CT molecular complexity index is 1790. The van der Waals surface area contributed by atoms with E-state index in [0.717, 1.165) is 34.0 Å². The first-order valence-corrected chi connectivity index (χ1v) is 14.4. The second-order valence-electron chi connectivity index (χ2n) is 10.3. The Morgan fingerprint density at radius 3 is 2.49 bits per heavy atom. The standard InChI is InChI=1S/C34H31ClFN3O4/c1-3-16-43-32-13-12-28(36)19-29(32)30-20-31(26-9-8-25-18-27(35)11-10-24(25)17-26)39(38-30)21(2)22-4-6-23(7-5-22)34(42)37-15-14-33(40)41/h4-13,17-21H,3,14-16H2,1-2H3,(H,37,42)(H,40,41)/t21-/m0/s1. The van der Waals surface area contributed by atoms with Gasteiger partial charge in [-0.3, -0.25) is 14.3 Å². The number of benzene rings is 4. The van der Waals surface area contributed by atoms with Gasteiger partial charge in [0.15, 0.2) is 0 Å². The largest absolute Gasteiger partial charge is 0.493 e. The normalized spacial score (nSPS) is 11.8. The Kier molecular flexibility index (Phi) is 9.07. The van der Waals surface area contributed by atoms with Crippen molar-refractivity contribution < 1.29 is 23.8 Å². The summed E-state index contributed by atoms with van der Waals surface area (Å²) in [5, 5.41) is 19.1. The summed E-state index contributed by atoms with van der Waals surface area (Å²) >= 11 is 6.21. The zero-order valence-electron chi connectivity index (χ0n) is 23.8. The van der Waals surface area contributed by atoms with Gasteiger partial charge in [0, 0.05) is 28.3 Å². The van der Waals surface area contributed by atoms with Gasteiger partial charge in [0.25, 0.3) is 5.91 Å². The summed E-state index contributed by atoms with van der Waals surface area (Å²) in [5.41, 5.74) is 4.18. The van der Waals surface area contributed by atoms with Gasteiger partial charge in [-0.1, -0.05) is 48.9 Å². The summed E-state index contributed by atoms with van der Waals surface area (Å²) in [6, 6.07) is 25.0. The number of carbonyl (C=O) groups excluding carboxylic acids is 1. The fourth-order valence-electron chi connectivity index (χ4n) is 4.89. The quantitative estimate of drug-likeness (QED) is 0.162. The third kappa shape index (κ3) is 6.87. The fourth-order valence-corrected chi connectivity index (χ4v) is 5.07. The van der Waals surface area contributed by atoms with Gasteiger partial charge in [-0.15, -0.1) is 0 Å². The van der Waals surface area contributed by atoms with Crippen LogP contribution in [0.3, 0.4) is 0 Å². The average molecular weight is 600 g/mol. The van der Waals surface area contributed by atoms with Crippen molar-refractivity contribution in [2.24, 2.45) is 0 Å². The molecule has 0 spiro atoms. The summed E-state index contributed by atoms with van der Waals surface area (Å²) in [7, 11) is 0. The maximum Gasteiger partial charge on any atom is 0.305 e. The van der Waals surface area contributed by atoms with Crippen LogP contribution in [0.5, 0.6) is 5.75 Å². The summed E-state index contributed by atoms with van der Waals surface area (Å²) in [6.45, 7) is 4.55. The summed E-state index contributed by atoms with van der Waals surface area (Å²) in [6.07, 6.45) is 0.659. The van der Waals surface area contributed by atoms with E-state index in [-0.39, 0.29) is 30.7 Å². The third-order valence-electron chi connectivity index (χ3n) is 7.16. The van der Waals surface area contributed by atoms with Gasteiger partial charge in [-0.2, -0.15) is 5.10 Å². The van der Waals surface area contributed by atoms with Crippen LogP contribution in [-0.4, -0.2) is 39.9 Å². The second kappa shape index (κ2) is 13.1. The van der Waals surface area contributed by atoms with Crippen LogP contribution in [0.25, 0.3) is 33.3 Å². The van der Waals surface area contributed by atoms with E-state index >= 15 is 0 Å². The van der Waals surface area contributed by atoms with E-state index in [1.165, 1.54) is 12.1 Å². The van der Waals surface area contributed by atoms with Gasteiger partial charge in [0.05, 0.1) is 30.5 Å². The molecule has 1 heterocycles. The highest BCUT2D eigenvalue weighted by atomic mass is 35.5. The van der Waals surface area contributed by atoms with Crippen LogP contribution in [0.15, 0.2) is 84.9 Å². The molecule has 0 bridgehead atoms. The molecule has 2 N–H and O–H groups in total. The molecule has 4 aromatic carbocycles. The van der Waals surface area contributed by atoms with E-state index in [4.69, 9.17) is 26.5 Å². The minimum Gasteiger partial charge on any atom is -0.493 e. The summed E-state index contributed by atoms with van der Waals surface area (Å²) in [5.74, 6) is -1.15. The number of carboxylic acid groups (broad SMARTS) is 1. The van der Waals surface area contributed by atoms with Gasteiger partial charge < -0.3 is 15.2 Å². The lowest BCUT2D eigenvalue weighted by Crippen LogP contribution is -2.26. The summed E-state index contributed by atoms with van der Waals surface area (Å²) < 4.78 is 22.3. The van der Waals surface area contributed by atoms with Crippen LogP contribution >= 0.6 is 11.6 Å². The highest BCUT2D eigenvalue weighted by Crippen LogP contribution is 2.36. The number of aliphatic carboxylic acids is 1. The number of amides is 1. The first-order valence-electron chi connectivity index (χ1n) is 14.1. The van der Waals surface area contributed by atoms with E-state index in [0.29, 0.717) is 34.2 Å². The molecule has 9 heteroatoms. The van der Waals surface area contributed by atoms with Crippen molar-refractivity contribution in [1.82, 2.24) is 15.1 Å². The van der Waals surface area contributed by atoms with Crippen molar-refractivity contribution in [1.29, 1.82) is 0 Å². The van der Waals surface area contributed by atoms with Crippen molar-refractivity contribution in [2.45, 2.75) is 32.7 Å². The fraction of sp³-hybridized carbons (Fsp3) is 0.206. The van der Waals surface area contributed by atoms with Crippen molar-refractivity contribution in [3.63, 3.8) is 0 Å². The monoisotopic (exact) mass is 599 g/mol. The number of rotatable bonds is 11. The van der Waals surface area contributed by atoms with E-state index in [2.05, 4.69) is 11.4 Å². The summed E-state index contributed by atoms with van der Waals surface area (Å²) in [4.78, 5) is 23.2. The molecule has 1 aromatic heterocycles. The number of nitrogens with one attached hydrogen (secondary N) is 1. The number of fused-ring (bicyclic) bond motifs is 1. The topological polar surface area (TPSA) is 93.5 Å². The smallest absolute Gasteiger partial charge is 0.305 e. The Labute approximate surface area is 253 Å². The SMILES string of the molecule is CCCOc1ccc(F)cc1-c1cc(-c2ccc3cc(Cl)ccc3c2)n([C@@H](C)c2ccc(C(=O)NCCC(=O)O)cc2)n1. The molecule has 0 aliphatic carbocycles. The molecular weight excluding hydrogens is 569 g/mol. The minimum atomic E-state index is -0.976. The van der Waals surface area contributed by atoms with E-state index < -0.39 is 5.97 Å². The molecule has 0 fully saturated rings. The van der Waals surface area contributed by atoms with Crippen molar-refractivity contribution in [3.8, 4) is 28.3 Å². The maximum atomic E-state index is 14.5. The van der Waals surface area contributed by atoms with Crippen LogP contribution in [0.2, 0.25) is 5.02 Å². The molecule has 0 saturated heterocycles. The molecule has 7 nitrogen and oxygen atoms in total. The van der Waals surface area contributed by atoms with Crippen LogP contribution < -0.4 is 10.1 Å². The highest BCUT2D eigenvalue weighted by molar-refractivity contribution is 6.31. The van der Waals surface area contributed by atoms with Gasteiger partial charge >= 0.3 is 5.97 Å². The van der Waals surface area contributed by atoms with Crippen molar-refractivity contribution >= 4 is 34.2 Å². The van der Waals surface area contributed by atoms with Crippen molar-refractivity contribution in [2.75, 3.05) is 13.2 Å². The lowest BCUT2D eigenvalue weighted by Gasteiger charge is -2.17. The predicted molar refractivity (Wildman–Crippen MR) is 166 cm³/mol. The molecule has 5 rings (SSSR count).